The molecule has 0 amide bonds. The van der Waals surface area contributed by atoms with Crippen LogP contribution in [0, 0.1) is 0 Å². The van der Waals surface area contributed by atoms with Crippen LogP contribution in [0.1, 0.15) is 5.56 Å². The molecule has 3 nitrogen and oxygen atoms in total. The van der Waals surface area contributed by atoms with Crippen LogP contribution in [0.4, 0.5) is 0 Å². The summed E-state index contributed by atoms with van der Waals surface area (Å²) in [7, 11) is 1.62. The fraction of sp³-hybridized carbons (Fsp3) is 0.250. The van der Waals surface area contributed by atoms with Gasteiger partial charge in [0.05, 0.1) is 13.2 Å². The molecular weight excluding hydrogens is 240 g/mol. The van der Waals surface area contributed by atoms with Crippen LogP contribution in [-0.2, 0) is 6.42 Å². The van der Waals surface area contributed by atoms with Crippen molar-refractivity contribution in [3.8, 4) is 11.5 Å². The molecule has 0 aliphatic heterocycles. The maximum atomic E-state index is 9.91. The van der Waals surface area contributed by atoms with Gasteiger partial charge < -0.3 is 14.6 Å². The average Bonchev–Trinajstić information content (AvgIpc) is 2.47. The quantitative estimate of drug-likeness (QED) is 0.865. The minimum absolute atomic E-state index is 0.279. The van der Waals surface area contributed by atoms with E-state index >= 15 is 0 Å². The topological polar surface area (TPSA) is 38.7 Å². The summed E-state index contributed by atoms with van der Waals surface area (Å²) in [5, 5.41) is 9.91. The lowest BCUT2D eigenvalue weighted by molar-refractivity contribution is 0.107. The Morgan fingerprint density at radius 3 is 2.21 bits per heavy atom. The summed E-state index contributed by atoms with van der Waals surface area (Å²) in [4.78, 5) is 0. The van der Waals surface area contributed by atoms with Gasteiger partial charge in [0.25, 0.3) is 0 Å². The van der Waals surface area contributed by atoms with Gasteiger partial charge in [0.2, 0.25) is 0 Å². The zero-order chi connectivity index (χ0) is 13.5. The number of hydrogen-bond acceptors (Lipinski definition) is 3. The normalized spacial score (nSPS) is 11.9. The molecule has 0 aromatic heterocycles. The Morgan fingerprint density at radius 2 is 1.58 bits per heavy atom. The first kappa shape index (κ1) is 13.4. The third kappa shape index (κ3) is 4.30. The largest absolute Gasteiger partial charge is 0.497 e. The summed E-state index contributed by atoms with van der Waals surface area (Å²) in [6, 6.07) is 17.2. The van der Waals surface area contributed by atoms with E-state index in [0.29, 0.717) is 6.42 Å². The first-order valence-electron chi connectivity index (χ1n) is 6.27. The fourth-order valence-corrected chi connectivity index (χ4v) is 1.81. The summed E-state index contributed by atoms with van der Waals surface area (Å²) in [5.41, 5.74) is 1.10. The second kappa shape index (κ2) is 6.81. The van der Waals surface area contributed by atoms with Gasteiger partial charge in [0.1, 0.15) is 18.1 Å². The number of aliphatic hydroxyl groups is 1. The SMILES string of the molecule is COc1ccc(OCC(O)Cc2ccccc2)cc1. The minimum Gasteiger partial charge on any atom is -0.497 e. The average molecular weight is 258 g/mol. The molecule has 2 aromatic carbocycles. The van der Waals surface area contributed by atoms with Crippen molar-refractivity contribution in [2.45, 2.75) is 12.5 Å². The Morgan fingerprint density at radius 1 is 0.947 bits per heavy atom. The molecule has 1 atom stereocenters. The molecule has 3 heteroatoms. The molecular formula is C16H18O3. The Balaban J connectivity index is 1.81. The third-order valence-corrected chi connectivity index (χ3v) is 2.82. The van der Waals surface area contributed by atoms with Gasteiger partial charge in [-0.05, 0) is 29.8 Å². The van der Waals surface area contributed by atoms with Gasteiger partial charge >= 0.3 is 0 Å². The number of methoxy groups -OCH3 is 1. The van der Waals surface area contributed by atoms with Crippen molar-refractivity contribution in [2.75, 3.05) is 13.7 Å². The highest BCUT2D eigenvalue weighted by atomic mass is 16.5. The van der Waals surface area contributed by atoms with E-state index in [-0.39, 0.29) is 6.61 Å². The van der Waals surface area contributed by atoms with Gasteiger partial charge in [0, 0.05) is 6.42 Å². The zero-order valence-corrected chi connectivity index (χ0v) is 11.0. The van der Waals surface area contributed by atoms with Crippen molar-refractivity contribution < 1.29 is 14.6 Å². The molecule has 0 fully saturated rings. The Bertz CT molecular complexity index is 479. The lowest BCUT2D eigenvalue weighted by atomic mass is 10.1. The van der Waals surface area contributed by atoms with Gasteiger partial charge in [-0.1, -0.05) is 30.3 Å². The molecule has 100 valence electrons. The predicted octanol–water partition coefficient (Wildman–Crippen LogP) is 2.68. The van der Waals surface area contributed by atoms with Gasteiger partial charge in [-0.3, -0.25) is 0 Å². The van der Waals surface area contributed by atoms with Crippen molar-refractivity contribution in [3.05, 3.63) is 60.2 Å². The van der Waals surface area contributed by atoms with E-state index in [9.17, 15) is 5.11 Å². The molecule has 0 bridgehead atoms. The van der Waals surface area contributed by atoms with Crippen molar-refractivity contribution in [1.29, 1.82) is 0 Å². The van der Waals surface area contributed by atoms with Crippen molar-refractivity contribution in [2.24, 2.45) is 0 Å². The molecule has 0 heterocycles. The van der Waals surface area contributed by atoms with E-state index in [4.69, 9.17) is 9.47 Å². The number of benzene rings is 2. The summed E-state index contributed by atoms with van der Waals surface area (Å²) in [6.07, 6.45) is 0.0845. The molecule has 0 saturated heterocycles. The number of ether oxygens (including phenoxy) is 2. The molecule has 0 spiro atoms. The van der Waals surface area contributed by atoms with Gasteiger partial charge in [-0.25, -0.2) is 0 Å². The van der Waals surface area contributed by atoms with Crippen LogP contribution in [0.2, 0.25) is 0 Å². The highest BCUT2D eigenvalue weighted by molar-refractivity contribution is 5.31. The van der Waals surface area contributed by atoms with E-state index < -0.39 is 6.10 Å². The van der Waals surface area contributed by atoms with Crippen molar-refractivity contribution >= 4 is 0 Å². The molecule has 2 aromatic rings. The molecule has 0 aliphatic carbocycles. The maximum absolute atomic E-state index is 9.91. The molecule has 0 aliphatic rings. The van der Waals surface area contributed by atoms with Crippen LogP contribution in [0.15, 0.2) is 54.6 Å². The standard InChI is InChI=1S/C16H18O3/c1-18-15-7-9-16(10-8-15)19-12-14(17)11-13-5-3-2-4-6-13/h2-10,14,17H,11-12H2,1H3. The van der Waals surface area contributed by atoms with E-state index in [1.54, 1.807) is 7.11 Å². The van der Waals surface area contributed by atoms with Crippen LogP contribution in [-0.4, -0.2) is 24.9 Å². The molecule has 0 radical (unpaired) electrons. The van der Waals surface area contributed by atoms with E-state index in [0.717, 1.165) is 17.1 Å². The molecule has 1 unspecified atom stereocenters. The maximum Gasteiger partial charge on any atom is 0.119 e. The minimum atomic E-state index is -0.510. The lowest BCUT2D eigenvalue weighted by Gasteiger charge is -2.12. The molecule has 0 saturated carbocycles. The van der Waals surface area contributed by atoms with Crippen LogP contribution >= 0.6 is 0 Å². The first-order valence-corrected chi connectivity index (χ1v) is 6.27. The summed E-state index contributed by atoms with van der Waals surface area (Å²) in [6.45, 7) is 0.279. The van der Waals surface area contributed by atoms with Crippen molar-refractivity contribution in [3.63, 3.8) is 0 Å². The van der Waals surface area contributed by atoms with Crippen molar-refractivity contribution in [1.82, 2.24) is 0 Å². The first-order chi connectivity index (χ1) is 9.28. The second-order valence-electron chi connectivity index (χ2n) is 4.33. The highest BCUT2D eigenvalue weighted by Crippen LogP contribution is 2.17. The smallest absolute Gasteiger partial charge is 0.119 e. The van der Waals surface area contributed by atoms with Crippen LogP contribution in [0.3, 0.4) is 0 Å². The van der Waals surface area contributed by atoms with Gasteiger partial charge in [0.15, 0.2) is 0 Å². The Hall–Kier alpha value is -2.00. The fourth-order valence-electron chi connectivity index (χ4n) is 1.81. The Labute approximate surface area is 113 Å². The van der Waals surface area contributed by atoms with E-state index in [1.807, 2.05) is 54.6 Å². The van der Waals surface area contributed by atoms with Crippen LogP contribution in [0.5, 0.6) is 11.5 Å². The number of aliphatic hydroxyl groups excluding tert-OH is 1. The zero-order valence-electron chi connectivity index (χ0n) is 11.0. The molecule has 1 N–H and O–H groups in total. The molecule has 2 rings (SSSR count). The summed E-state index contributed by atoms with van der Waals surface area (Å²) >= 11 is 0. The molecule has 19 heavy (non-hydrogen) atoms. The predicted molar refractivity (Wildman–Crippen MR) is 74.6 cm³/mol. The van der Waals surface area contributed by atoms with E-state index in [2.05, 4.69) is 0 Å². The summed E-state index contributed by atoms with van der Waals surface area (Å²) in [5.74, 6) is 1.52. The monoisotopic (exact) mass is 258 g/mol. The van der Waals surface area contributed by atoms with Crippen LogP contribution in [0.25, 0.3) is 0 Å². The van der Waals surface area contributed by atoms with Gasteiger partial charge in [-0.2, -0.15) is 0 Å². The lowest BCUT2D eigenvalue weighted by Crippen LogP contribution is -2.20. The van der Waals surface area contributed by atoms with E-state index in [1.165, 1.54) is 0 Å². The third-order valence-electron chi connectivity index (χ3n) is 2.82. The highest BCUT2D eigenvalue weighted by Gasteiger charge is 2.06. The second-order valence-corrected chi connectivity index (χ2v) is 4.33. The number of rotatable bonds is 6. The van der Waals surface area contributed by atoms with Gasteiger partial charge in [-0.15, -0.1) is 0 Å². The summed E-state index contributed by atoms with van der Waals surface area (Å²) < 4.78 is 10.6. The van der Waals surface area contributed by atoms with Crippen LogP contribution < -0.4 is 9.47 Å². The number of hydrogen-bond donors (Lipinski definition) is 1. The Kier molecular flexibility index (Phi) is 4.81.